The van der Waals surface area contributed by atoms with Gasteiger partial charge >= 0.3 is 6.18 Å². The van der Waals surface area contributed by atoms with Crippen LogP contribution in [0.4, 0.5) is 18.9 Å². The van der Waals surface area contributed by atoms with Crippen molar-refractivity contribution in [1.29, 1.82) is 0 Å². The highest BCUT2D eigenvalue weighted by molar-refractivity contribution is 5.82. The molecule has 0 aromatic heterocycles. The van der Waals surface area contributed by atoms with Gasteiger partial charge in [-0.3, -0.25) is 9.69 Å². The van der Waals surface area contributed by atoms with Crippen molar-refractivity contribution in [2.45, 2.75) is 76.7 Å². The highest BCUT2D eigenvalue weighted by Gasteiger charge is 2.44. The number of halogens is 3. The highest BCUT2D eigenvalue weighted by Crippen LogP contribution is 2.40. The summed E-state index contributed by atoms with van der Waals surface area (Å²) in [5.74, 6) is -0.366. The first-order chi connectivity index (χ1) is 14.3. The Bertz CT molecular complexity index is 775. The Morgan fingerprint density at radius 1 is 1.23 bits per heavy atom. The monoisotopic (exact) mass is 423 g/mol. The van der Waals surface area contributed by atoms with Crippen LogP contribution in [0.2, 0.25) is 0 Å². The van der Waals surface area contributed by atoms with E-state index < -0.39 is 11.7 Å². The molecule has 1 N–H and O–H groups in total. The second-order valence-corrected chi connectivity index (χ2v) is 9.16. The van der Waals surface area contributed by atoms with E-state index in [4.69, 9.17) is 0 Å². The van der Waals surface area contributed by atoms with Crippen molar-refractivity contribution in [3.63, 3.8) is 0 Å². The van der Waals surface area contributed by atoms with E-state index in [0.717, 1.165) is 31.7 Å². The molecule has 1 saturated carbocycles. The maximum Gasteiger partial charge on any atom is 0.416 e. The van der Waals surface area contributed by atoms with Crippen molar-refractivity contribution < 1.29 is 18.0 Å². The molecule has 1 aliphatic carbocycles. The van der Waals surface area contributed by atoms with Gasteiger partial charge in [-0.25, -0.2) is 0 Å². The zero-order valence-electron chi connectivity index (χ0n) is 17.8. The number of carbonyl (C=O) groups is 1. The quantitative estimate of drug-likeness (QED) is 0.788. The fourth-order valence-corrected chi connectivity index (χ4v) is 5.37. The lowest BCUT2D eigenvalue weighted by molar-refractivity contribution is -0.137. The first kappa shape index (κ1) is 21.5. The summed E-state index contributed by atoms with van der Waals surface area (Å²) in [7, 11) is 0. The van der Waals surface area contributed by atoms with E-state index >= 15 is 0 Å². The maximum atomic E-state index is 13.3. The van der Waals surface area contributed by atoms with E-state index in [1.165, 1.54) is 37.8 Å². The number of anilines is 1. The lowest BCUT2D eigenvalue weighted by Gasteiger charge is -2.50. The van der Waals surface area contributed by atoms with Gasteiger partial charge in [-0.2, -0.15) is 13.2 Å². The van der Waals surface area contributed by atoms with E-state index in [1.807, 2.05) is 13.8 Å². The predicted molar refractivity (Wildman–Crippen MR) is 111 cm³/mol. The average Bonchev–Trinajstić information content (AvgIpc) is 3.26. The van der Waals surface area contributed by atoms with Crippen LogP contribution < -0.4 is 10.2 Å². The first-order valence-electron chi connectivity index (χ1n) is 11.3. The topological polar surface area (TPSA) is 35.6 Å². The Morgan fingerprint density at radius 2 is 1.97 bits per heavy atom. The Hall–Kier alpha value is -1.76. The summed E-state index contributed by atoms with van der Waals surface area (Å²) in [5, 5.41) is 3.09. The smallest absolute Gasteiger partial charge is 0.365 e. The van der Waals surface area contributed by atoms with Crippen molar-refractivity contribution >= 4 is 11.6 Å². The predicted octanol–water partition coefficient (Wildman–Crippen LogP) is 4.23. The molecule has 0 unspecified atom stereocenters. The van der Waals surface area contributed by atoms with Gasteiger partial charge in [-0.1, -0.05) is 19.8 Å². The number of amides is 1. The summed E-state index contributed by atoms with van der Waals surface area (Å²) in [4.78, 5) is 17.9. The summed E-state index contributed by atoms with van der Waals surface area (Å²) in [5.41, 5.74) is 0.872. The zero-order chi connectivity index (χ0) is 21.5. The molecule has 0 spiro atoms. The SMILES string of the molecule is CC[C@H](C)NC(=O)[C@H]1Cc2cc(C(F)(F)F)ccc2N2CCN(C3CCCC3)C[C@@H]12. The summed E-state index contributed by atoms with van der Waals surface area (Å²) in [6.45, 7) is 6.46. The molecule has 0 radical (unpaired) electrons. The molecule has 2 fully saturated rings. The maximum absolute atomic E-state index is 13.3. The number of benzene rings is 1. The van der Waals surface area contributed by atoms with Crippen molar-refractivity contribution in [3.8, 4) is 0 Å². The summed E-state index contributed by atoms with van der Waals surface area (Å²) < 4.78 is 39.9. The van der Waals surface area contributed by atoms with E-state index in [-0.39, 0.29) is 23.9 Å². The van der Waals surface area contributed by atoms with Crippen LogP contribution in [0.5, 0.6) is 0 Å². The number of hydrogen-bond acceptors (Lipinski definition) is 3. The Kier molecular flexibility index (Phi) is 6.02. The third kappa shape index (κ3) is 4.18. The fraction of sp³-hybridized carbons (Fsp3) is 0.696. The van der Waals surface area contributed by atoms with Crippen molar-refractivity contribution in [1.82, 2.24) is 10.2 Å². The van der Waals surface area contributed by atoms with Crippen LogP contribution in [0.25, 0.3) is 0 Å². The van der Waals surface area contributed by atoms with Crippen LogP contribution in [0, 0.1) is 5.92 Å². The number of nitrogens with zero attached hydrogens (tertiary/aromatic N) is 2. The Balaban J connectivity index is 1.64. The standard InChI is InChI=1S/C23H32F3N3O/c1-3-15(2)27-22(30)19-13-16-12-17(23(24,25)26)8-9-20(16)29-11-10-28(14-21(19)29)18-6-4-5-7-18/h8-9,12,15,18-19,21H,3-7,10-11,13-14H2,1-2H3,(H,27,30)/t15-,19-,21-/m0/s1. The van der Waals surface area contributed by atoms with E-state index in [1.54, 1.807) is 6.07 Å². The molecule has 1 saturated heterocycles. The third-order valence-corrected chi connectivity index (χ3v) is 7.25. The van der Waals surface area contributed by atoms with E-state index in [9.17, 15) is 18.0 Å². The van der Waals surface area contributed by atoms with Crippen LogP contribution in [-0.4, -0.2) is 48.6 Å². The van der Waals surface area contributed by atoms with Crippen LogP contribution in [0.1, 0.15) is 57.1 Å². The van der Waals surface area contributed by atoms with Gasteiger partial charge in [0.2, 0.25) is 5.91 Å². The second-order valence-electron chi connectivity index (χ2n) is 9.16. The molecule has 1 aromatic carbocycles. The summed E-state index contributed by atoms with van der Waals surface area (Å²) >= 11 is 0. The molecule has 7 heteroatoms. The molecule has 1 aromatic rings. The van der Waals surface area contributed by atoms with Gasteiger partial charge in [0, 0.05) is 37.4 Å². The van der Waals surface area contributed by atoms with Gasteiger partial charge in [0.15, 0.2) is 0 Å². The molecular weight excluding hydrogens is 391 g/mol. The molecule has 166 valence electrons. The lowest BCUT2D eigenvalue weighted by Crippen LogP contribution is -2.62. The fourth-order valence-electron chi connectivity index (χ4n) is 5.37. The Labute approximate surface area is 176 Å². The van der Waals surface area contributed by atoms with Gasteiger partial charge in [-0.05, 0) is 56.4 Å². The number of alkyl halides is 3. The Morgan fingerprint density at radius 3 is 2.63 bits per heavy atom. The average molecular weight is 424 g/mol. The van der Waals surface area contributed by atoms with Gasteiger partial charge in [-0.15, -0.1) is 0 Å². The van der Waals surface area contributed by atoms with Crippen molar-refractivity contribution in [3.05, 3.63) is 29.3 Å². The number of rotatable bonds is 4. The molecule has 1 amide bonds. The molecule has 4 nitrogen and oxygen atoms in total. The van der Waals surface area contributed by atoms with Gasteiger partial charge in [0.1, 0.15) is 0 Å². The molecule has 30 heavy (non-hydrogen) atoms. The van der Waals surface area contributed by atoms with Gasteiger partial charge < -0.3 is 10.2 Å². The first-order valence-corrected chi connectivity index (χ1v) is 11.3. The minimum atomic E-state index is -4.37. The van der Waals surface area contributed by atoms with E-state index in [0.29, 0.717) is 18.0 Å². The molecule has 3 aliphatic rings. The molecule has 2 heterocycles. The minimum Gasteiger partial charge on any atom is -0.365 e. The van der Waals surface area contributed by atoms with Gasteiger partial charge in [0.05, 0.1) is 17.5 Å². The highest BCUT2D eigenvalue weighted by atomic mass is 19.4. The van der Waals surface area contributed by atoms with Crippen LogP contribution in [-0.2, 0) is 17.4 Å². The van der Waals surface area contributed by atoms with E-state index in [2.05, 4.69) is 15.1 Å². The van der Waals surface area contributed by atoms with Crippen LogP contribution >= 0.6 is 0 Å². The third-order valence-electron chi connectivity index (χ3n) is 7.25. The number of carbonyl (C=O) groups excluding carboxylic acids is 1. The number of fused-ring (bicyclic) bond motifs is 3. The van der Waals surface area contributed by atoms with Crippen LogP contribution in [0.15, 0.2) is 18.2 Å². The number of hydrogen-bond donors (Lipinski definition) is 1. The summed E-state index contributed by atoms with van der Waals surface area (Å²) in [6, 6.07) is 4.69. The molecule has 0 bridgehead atoms. The number of piperazine rings is 1. The minimum absolute atomic E-state index is 0.00708. The molecule has 2 aliphatic heterocycles. The molecule has 3 atom stereocenters. The summed E-state index contributed by atoms with van der Waals surface area (Å²) in [6.07, 6.45) is 1.76. The molecular formula is C23H32F3N3O. The molecule has 4 rings (SSSR count). The van der Waals surface area contributed by atoms with Crippen molar-refractivity contribution in [2.75, 3.05) is 24.5 Å². The van der Waals surface area contributed by atoms with Crippen molar-refractivity contribution in [2.24, 2.45) is 5.92 Å². The van der Waals surface area contributed by atoms with Gasteiger partial charge in [0.25, 0.3) is 0 Å². The zero-order valence-corrected chi connectivity index (χ0v) is 17.8. The van der Waals surface area contributed by atoms with Crippen LogP contribution in [0.3, 0.4) is 0 Å². The normalized spacial score (nSPS) is 26.2. The second kappa shape index (κ2) is 8.40. The largest absolute Gasteiger partial charge is 0.416 e. The lowest BCUT2D eigenvalue weighted by atomic mass is 9.82. The number of nitrogens with one attached hydrogen (secondary N) is 1.